The highest BCUT2D eigenvalue weighted by molar-refractivity contribution is 7.90. The lowest BCUT2D eigenvalue weighted by atomic mass is 9.97. The normalized spacial score (nSPS) is 18.4. The van der Waals surface area contributed by atoms with Crippen LogP contribution in [0.15, 0.2) is 41.9 Å². The fraction of sp³-hybridized carbons (Fsp3) is 0.440. The van der Waals surface area contributed by atoms with Crippen LogP contribution in [0.5, 0.6) is 0 Å². The predicted octanol–water partition coefficient (Wildman–Crippen LogP) is 2.49. The molecule has 1 fully saturated rings. The first-order valence-corrected chi connectivity index (χ1v) is 14.7. The topological polar surface area (TPSA) is 140 Å². The molecule has 2 aliphatic heterocycles. The summed E-state index contributed by atoms with van der Waals surface area (Å²) in [6, 6.07) is 1.42. The molecular weight excluding hydrogens is 537 g/mol. The SMILES string of the molecule is C[C@H]1CCCCn2ncc(-c3nc(Nc4cc(S(=O)(=O)n5ccnn5)c(N5CCN(C)CC5)cn4)ncc3F)c21. The van der Waals surface area contributed by atoms with Gasteiger partial charge in [-0.2, -0.15) is 13.5 Å². The maximum Gasteiger partial charge on any atom is 0.286 e. The molecule has 0 amide bonds. The molecule has 1 atom stereocenters. The number of piperazine rings is 1. The number of nitrogens with one attached hydrogen (secondary N) is 1. The zero-order valence-electron chi connectivity index (χ0n) is 22.3. The standard InChI is InChI=1S/C25H30FN11O2S/c1-17-5-3-4-7-36-24(17)18(14-30-36)23-19(26)15-28-25(32-23)31-22-13-21(40(38,39)37-8-6-29-33-37)20(16-27-22)35-11-9-34(2)10-12-35/h6,8,13-17H,3-5,7,9-12H2,1-2H3,(H,27,28,31,32)/t17-/m0/s1. The summed E-state index contributed by atoms with van der Waals surface area (Å²) in [6.45, 7) is 5.75. The Morgan fingerprint density at radius 1 is 1.05 bits per heavy atom. The molecule has 1 N–H and O–H groups in total. The van der Waals surface area contributed by atoms with Crippen molar-refractivity contribution in [2.45, 2.75) is 43.5 Å². The summed E-state index contributed by atoms with van der Waals surface area (Å²) in [7, 11) is -2.06. The smallest absolute Gasteiger partial charge is 0.286 e. The second-order valence-electron chi connectivity index (χ2n) is 10.2. The Morgan fingerprint density at radius 3 is 2.65 bits per heavy atom. The lowest BCUT2D eigenvalue weighted by Gasteiger charge is -2.34. The molecule has 0 unspecified atom stereocenters. The fourth-order valence-electron chi connectivity index (χ4n) is 5.27. The number of pyridine rings is 1. The number of hydrogen-bond acceptors (Lipinski definition) is 11. The molecule has 0 saturated carbocycles. The largest absolute Gasteiger partial charge is 0.367 e. The van der Waals surface area contributed by atoms with Gasteiger partial charge in [-0.3, -0.25) is 4.68 Å². The highest BCUT2D eigenvalue weighted by atomic mass is 32.2. The number of aromatic nitrogens is 8. The van der Waals surface area contributed by atoms with Gasteiger partial charge in [-0.1, -0.05) is 18.6 Å². The molecule has 6 rings (SSSR count). The van der Waals surface area contributed by atoms with E-state index in [2.05, 4.69) is 47.5 Å². The number of aryl methyl sites for hydroxylation is 1. The van der Waals surface area contributed by atoms with E-state index < -0.39 is 15.8 Å². The van der Waals surface area contributed by atoms with E-state index in [0.717, 1.165) is 54.9 Å². The van der Waals surface area contributed by atoms with Crippen LogP contribution in [0.4, 0.5) is 21.8 Å². The van der Waals surface area contributed by atoms with Crippen LogP contribution in [0.3, 0.4) is 0 Å². The quantitative estimate of drug-likeness (QED) is 0.367. The van der Waals surface area contributed by atoms with Crippen molar-refractivity contribution < 1.29 is 12.8 Å². The molecule has 0 aromatic carbocycles. The number of anilines is 3. The summed E-state index contributed by atoms with van der Waals surface area (Å²) in [5.74, 6) is -0.0809. The van der Waals surface area contributed by atoms with Gasteiger partial charge >= 0.3 is 0 Å². The fourth-order valence-corrected chi connectivity index (χ4v) is 6.53. The van der Waals surface area contributed by atoms with E-state index in [-0.39, 0.29) is 28.3 Å². The number of nitrogens with zero attached hydrogens (tertiary/aromatic N) is 10. The monoisotopic (exact) mass is 567 g/mol. The van der Waals surface area contributed by atoms with Crippen LogP contribution in [0, 0.1) is 5.82 Å². The summed E-state index contributed by atoms with van der Waals surface area (Å²) in [5, 5.41) is 14.8. The molecule has 2 aliphatic rings. The Labute approximate surface area is 231 Å². The lowest BCUT2D eigenvalue weighted by molar-refractivity contribution is 0.312. The maximum absolute atomic E-state index is 15.0. The Bertz CT molecular complexity index is 1620. The first kappa shape index (κ1) is 26.3. The van der Waals surface area contributed by atoms with Crippen molar-refractivity contribution in [1.82, 2.24) is 44.0 Å². The number of halogens is 1. The van der Waals surface area contributed by atoms with Crippen LogP contribution in [-0.4, -0.2) is 85.7 Å². The molecule has 4 aromatic heterocycles. The van der Waals surface area contributed by atoms with Crippen molar-refractivity contribution in [2.75, 3.05) is 43.4 Å². The molecule has 0 aliphatic carbocycles. The van der Waals surface area contributed by atoms with Gasteiger partial charge in [0.1, 0.15) is 16.4 Å². The summed E-state index contributed by atoms with van der Waals surface area (Å²) >= 11 is 0. The van der Waals surface area contributed by atoms with Gasteiger partial charge in [0.05, 0.1) is 42.4 Å². The van der Waals surface area contributed by atoms with E-state index >= 15 is 4.39 Å². The van der Waals surface area contributed by atoms with Gasteiger partial charge in [-0.25, -0.2) is 19.3 Å². The van der Waals surface area contributed by atoms with Crippen molar-refractivity contribution in [3.05, 3.63) is 48.6 Å². The molecule has 0 bridgehead atoms. The minimum absolute atomic E-state index is 0.0122. The Balaban J connectivity index is 1.36. The maximum atomic E-state index is 15.0. The zero-order valence-corrected chi connectivity index (χ0v) is 23.1. The van der Waals surface area contributed by atoms with E-state index in [9.17, 15) is 8.42 Å². The molecule has 4 aromatic rings. The van der Waals surface area contributed by atoms with Crippen molar-refractivity contribution in [2.24, 2.45) is 0 Å². The van der Waals surface area contributed by atoms with Gasteiger partial charge in [0.25, 0.3) is 10.0 Å². The third-order valence-electron chi connectivity index (χ3n) is 7.46. The van der Waals surface area contributed by atoms with E-state index in [1.807, 2.05) is 16.6 Å². The highest BCUT2D eigenvalue weighted by Crippen LogP contribution is 2.35. The first-order chi connectivity index (χ1) is 19.3. The summed E-state index contributed by atoms with van der Waals surface area (Å²) < 4.78 is 44.9. The predicted molar refractivity (Wildman–Crippen MR) is 145 cm³/mol. The Morgan fingerprint density at radius 2 is 1.88 bits per heavy atom. The first-order valence-electron chi connectivity index (χ1n) is 13.2. The van der Waals surface area contributed by atoms with Gasteiger partial charge in [0, 0.05) is 44.4 Å². The third-order valence-corrected chi connectivity index (χ3v) is 9.03. The Kier molecular flexibility index (Phi) is 6.92. The summed E-state index contributed by atoms with van der Waals surface area (Å²) in [6.07, 6.45) is 9.94. The van der Waals surface area contributed by atoms with Crippen LogP contribution in [-0.2, 0) is 16.6 Å². The van der Waals surface area contributed by atoms with Gasteiger partial charge in [-0.15, -0.1) is 9.19 Å². The Hall–Kier alpha value is -3.98. The van der Waals surface area contributed by atoms with Gasteiger partial charge in [0.2, 0.25) is 5.95 Å². The van der Waals surface area contributed by atoms with Crippen molar-refractivity contribution in [3.8, 4) is 11.3 Å². The number of likely N-dealkylation sites (N-methyl/N-ethyl adjacent to an activating group) is 1. The average Bonchev–Trinajstić information content (AvgIpc) is 3.61. The van der Waals surface area contributed by atoms with Crippen LogP contribution < -0.4 is 10.2 Å². The van der Waals surface area contributed by atoms with Gasteiger partial charge in [0.15, 0.2) is 5.82 Å². The second kappa shape index (κ2) is 10.5. The molecule has 13 nitrogen and oxygen atoms in total. The highest BCUT2D eigenvalue weighted by Gasteiger charge is 2.28. The van der Waals surface area contributed by atoms with E-state index in [1.54, 1.807) is 6.20 Å². The lowest BCUT2D eigenvalue weighted by Crippen LogP contribution is -2.45. The van der Waals surface area contributed by atoms with Crippen molar-refractivity contribution in [1.29, 1.82) is 0 Å². The van der Waals surface area contributed by atoms with E-state index in [0.29, 0.717) is 24.3 Å². The van der Waals surface area contributed by atoms with E-state index in [4.69, 9.17) is 0 Å². The average molecular weight is 568 g/mol. The number of hydrogen-bond donors (Lipinski definition) is 1. The van der Waals surface area contributed by atoms with Gasteiger partial charge in [-0.05, 0) is 25.8 Å². The van der Waals surface area contributed by atoms with Crippen molar-refractivity contribution in [3.63, 3.8) is 0 Å². The van der Waals surface area contributed by atoms with E-state index in [1.165, 1.54) is 24.7 Å². The molecule has 0 radical (unpaired) electrons. The molecule has 210 valence electrons. The molecular formula is C25H30FN11O2S. The molecule has 6 heterocycles. The third kappa shape index (κ3) is 4.90. The molecule has 1 saturated heterocycles. The zero-order chi connectivity index (χ0) is 27.9. The number of fused-ring (bicyclic) bond motifs is 1. The van der Waals surface area contributed by atoms with Crippen LogP contribution in [0.2, 0.25) is 0 Å². The van der Waals surface area contributed by atoms with Crippen LogP contribution in [0.25, 0.3) is 11.3 Å². The second-order valence-corrected chi connectivity index (χ2v) is 12.0. The molecule has 40 heavy (non-hydrogen) atoms. The van der Waals surface area contributed by atoms with Crippen LogP contribution in [0.1, 0.15) is 37.8 Å². The summed E-state index contributed by atoms with van der Waals surface area (Å²) in [4.78, 5) is 17.2. The molecule has 0 spiro atoms. The molecule has 15 heteroatoms. The minimum atomic E-state index is -4.08. The van der Waals surface area contributed by atoms with Crippen LogP contribution >= 0.6 is 0 Å². The van der Waals surface area contributed by atoms with Gasteiger partial charge < -0.3 is 15.1 Å². The minimum Gasteiger partial charge on any atom is -0.367 e. The van der Waals surface area contributed by atoms with Crippen molar-refractivity contribution >= 4 is 27.5 Å². The summed E-state index contributed by atoms with van der Waals surface area (Å²) in [5.41, 5.74) is 2.19. The number of rotatable bonds is 6.